The second-order valence-electron chi connectivity index (χ2n) is 13.6. The van der Waals surface area contributed by atoms with Crippen molar-refractivity contribution in [1.29, 1.82) is 0 Å². The van der Waals surface area contributed by atoms with Crippen molar-refractivity contribution in [3.63, 3.8) is 0 Å². The molecule has 0 saturated heterocycles. The molecule has 0 saturated carbocycles. The van der Waals surface area contributed by atoms with Gasteiger partial charge >= 0.3 is 0 Å². The molecule has 4 aromatic heterocycles. The molecule has 2 aromatic carbocycles. The van der Waals surface area contributed by atoms with Crippen LogP contribution < -0.4 is 4.74 Å². The topological polar surface area (TPSA) is 140 Å². The van der Waals surface area contributed by atoms with Crippen LogP contribution in [0.25, 0.3) is 33.1 Å². The summed E-state index contributed by atoms with van der Waals surface area (Å²) >= 11 is 6.67. The maximum Gasteiger partial charge on any atom is 0.213 e. The molecule has 1 atom stereocenters. The third kappa shape index (κ3) is 8.73. The zero-order valence-electron chi connectivity index (χ0n) is 29.6. The number of ether oxygens (including phenoxy) is 1. The van der Waals surface area contributed by atoms with Crippen molar-refractivity contribution in [2.24, 2.45) is 7.05 Å². The highest BCUT2D eigenvalue weighted by atomic mass is 35.5. The Labute approximate surface area is 310 Å². The molecule has 6 rings (SSSR count). The summed E-state index contributed by atoms with van der Waals surface area (Å²) in [5.74, 6) is 3.23. The third-order valence-corrected chi connectivity index (χ3v) is 9.67. The number of halogens is 3. The van der Waals surface area contributed by atoms with Gasteiger partial charge in [0.25, 0.3) is 0 Å². The lowest BCUT2D eigenvalue weighted by Crippen LogP contribution is -2.16. The number of benzene rings is 2. The Balaban J connectivity index is 1.53. The summed E-state index contributed by atoms with van der Waals surface area (Å²) in [5, 5.41) is 15.6. The number of aryl methyl sites for hydroxylation is 1. The predicted octanol–water partition coefficient (Wildman–Crippen LogP) is 6.65. The van der Waals surface area contributed by atoms with Crippen LogP contribution in [-0.2, 0) is 40.3 Å². The SMILES string of the molecule is COc1ccc2[nH]cc(CC(=O)C[C@@H](Cc3cc(F)cc(F)c3)c3nc(C#CC(C)(C)O)ccc3-c3ccc(Cl)c4c(CS(C)(=O)=O)nn(C)c34)c2n1. The number of ketones is 1. The number of aromatic nitrogens is 5. The molecule has 14 heteroatoms. The van der Waals surface area contributed by atoms with Gasteiger partial charge in [0.15, 0.2) is 9.84 Å². The molecule has 53 heavy (non-hydrogen) atoms. The fourth-order valence-corrected chi connectivity index (χ4v) is 7.41. The summed E-state index contributed by atoms with van der Waals surface area (Å²) in [4.78, 5) is 26.6. The average molecular weight is 760 g/mol. The lowest BCUT2D eigenvalue weighted by Gasteiger charge is -2.21. The Morgan fingerprint density at radius 1 is 1.08 bits per heavy atom. The van der Waals surface area contributed by atoms with Gasteiger partial charge in [0, 0.05) is 72.5 Å². The van der Waals surface area contributed by atoms with Gasteiger partial charge in [-0.2, -0.15) is 5.10 Å². The highest BCUT2D eigenvalue weighted by Crippen LogP contribution is 2.40. The van der Waals surface area contributed by atoms with Crippen molar-refractivity contribution in [2.75, 3.05) is 13.4 Å². The maximum atomic E-state index is 14.6. The summed E-state index contributed by atoms with van der Waals surface area (Å²) in [6, 6.07) is 13.5. The first kappa shape index (κ1) is 37.6. The molecular formula is C39H36ClF2N5O5S. The van der Waals surface area contributed by atoms with E-state index in [0.717, 1.165) is 17.8 Å². The third-order valence-electron chi connectivity index (χ3n) is 8.56. The number of rotatable bonds is 11. The van der Waals surface area contributed by atoms with Crippen molar-refractivity contribution in [3.05, 3.63) is 106 Å². The normalized spacial score (nSPS) is 12.5. The van der Waals surface area contributed by atoms with Gasteiger partial charge < -0.3 is 14.8 Å². The highest BCUT2D eigenvalue weighted by molar-refractivity contribution is 7.89. The fourth-order valence-electron chi connectivity index (χ4n) is 6.45. The van der Waals surface area contributed by atoms with Crippen LogP contribution in [0.5, 0.6) is 5.88 Å². The molecule has 0 spiro atoms. The molecule has 6 aromatic rings. The van der Waals surface area contributed by atoms with Crippen LogP contribution in [0.4, 0.5) is 8.78 Å². The van der Waals surface area contributed by atoms with E-state index in [0.29, 0.717) is 55.3 Å². The molecule has 0 amide bonds. The van der Waals surface area contributed by atoms with Gasteiger partial charge in [-0.25, -0.2) is 27.2 Å². The van der Waals surface area contributed by atoms with Crippen LogP contribution >= 0.6 is 11.6 Å². The van der Waals surface area contributed by atoms with E-state index in [9.17, 15) is 27.1 Å². The van der Waals surface area contributed by atoms with Crippen LogP contribution in [-0.4, -0.2) is 63.0 Å². The minimum absolute atomic E-state index is 0.0104. The van der Waals surface area contributed by atoms with E-state index in [1.54, 1.807) is 54.3 Å². The minimum Gasteiger partial charge on any atom is -0.481 e. The smallest absolute Gasteiger partial charge is 0.213 e. The van der Waals surface area contributed by atoms with Crippen LogP contribution in [0.3, 0.4) is 0 Å². The number of carbonyl (C=O) groups is 1. The largest absolute Gasteiger partial charge is 0.481 e. The van der Waals surface area contributed by atoms with E-state index < -0.39 is 33.0 Å². The molecule has 274 valence electrons. The number of aromatic amines is 1. The van der Waals surface area contributed by atoms with Crippen LogP contribution in [0, 0.1) is 23.5 Å². The van der Waals surface area contributed by atoms with Crippen molar-refractivity contribution in [3.8, 4) is 28.8 Å². The highest BCUT2D eigenvalue weighted by Gasteiger charge is 2.27. The number of nitrogens with one attached hydrogen (secondary N) is 1. The fraction of sp³-hybridized carbons (Fsp3) is 0.282. The van der Waals surface area contributed by atoms with E-state index in [-0.39, 0.29) is 42.2 Å². The van der Waals surface area contributed by atoms with Gasteiger partial charge in [-0.05, 0) is 68.2 Å². The molecule has 0 aliphatic carbocycles. The Bertz CT molecular complexity index is 2550. The molecule has 0 aliphatic rings. The number of H-pyrrole nitrogens is 1. The Kier molecular flexibility index (Phi) is 10.4. The quantitative estimate of drug-likeness (QED) is 0.140. The average Bonchev–Trinajstić information content (AvgIpc) is 3.61. The Hall–Kier alpha value is -5.16. The van der Waals surface area contributed by atoms with E-state index in [2.05, 4.69) is 26.9 Å². The van der Waals surface area contributed by atoms with Crippen molar-refractivity contribution in [1.82, 2.24) is 24.7 Å². The molecule has 0 aliphatic heterocycles. The summed E-state index contributed by atoms with van der Waals surface area (Å²) < 4.78 is 60.6. The Morgan fingerprint density at radius 3 is 2.47 bits per heavy atom. The molecule has 2 N–H and O–H groups in total. The number of Topliss-reactive ketones (excluding diaryl/α,β-unsaturated/α-hetero) is 1. The van der Waals surface area contributed by atoms with Gasteiger partial charge in [-0.3, -0.25) is 9.48 Å². The number of nitrogens with zero attached hydrogens (tertiary/aromatic N) is 4. The van der Waals surface area contributed by atoms with Gasteiger partial charge in [-0.15, -0.1) is 0 Å². The first-order chi connectivity index (χ1) is 25.0. The first-order valence-electron chi connectivity index (χ1n) is 16.5. The molecule has 4 heterocycles. The second-order valence-corrected chi connectivity index (χ2v) is 16.1. The number of pyridine rings is 2. The van der Waals surface area contributed by atoms with Gasteiger partial charge in [0.1, 0.15) is 28.7 Å². The van der Waals surface area contributed by atoms with Crippen molar-refractivity contribution >= 4 is 49.2 Å². The number of sulfone groups is 1. The van der Waals surface area contributed by atoms with Crippen LogP contribution in [0.1, 0.15) is 54.4 Å². The molecule has 0 radical (unpaired) electrons. The summed E-state index contributed by atoms with van der Waals surface area (Å²) in [7, 11) is -0.311. The molecule has 0 fully saturated rings. The second kappa shape index (κ2) is 14.7. The molecule has 10 nitrogen and oxygen atoms in total. The van der Waals surface area contributed by atoms with Crippen LogP contribution in [0.2, 0.25) is 5.02 Å². The molecule has 0 unspecified atom stereocenters. The number of hydrogen-bond donors (Lipinski definition) is 2. The van der Waals surface area contributed by atoms with E-state index in [1.807, 2.05) is 0 Å². The molecular weight excluding hydrogens is 724 g/mol. The summed E-state index contributed by atoms with van der Waals surface area (Å²) in [5.41, 5.74) is 3.50. The lowest BCUT2D eigenvalue weighted by atomic mass is 9.85. The Morgan fingerprint density at radius 2 is 1.79 bits per heavy atom. The predicted molar refractivity (Wildman–Crippen MR) is 199 cm³/mol. The monoisotopic (exact) mass is 759 g/mol. The zero-order valence-corrected chi connectivity index (χ0v) is 31.2. The van der Waals surface area contributed by atoms with E-state index in [4.69, 9.17) is 21.3 Å². The van der Waals surface area contributed by atoms with E-state index >= 15 is 0 Å². The molecule has 0 bridgehead atoms. The van der Waals surface area contributed by atoms with Gasteiger partial charge in [-0.1, -0.05) is 23.6 Å². The lowest BCUT2D eigenvalue weighted by molar-refractivity contribution is -0.118. The van der Waals surface area contributed by atoms with Crippen molar-refractivity contribution in [2.45, 2.75) is 50.4 Å². The summed E-state index contributed by atoms with van der Waals surface area (Å²) in [6.07, 6.45) is 2.73. The maximum absolute atomic E-state index is 14.6. The standard InChI is InChI=1S/C39H36ClF2N5O5S/c1-39(2,49)13-12-27-6-7-29(30-8-9-31(40)35-33(21-53(5,50)51)46-47(3)38(30)35)36(44-27)23(14-22-15-25(41)19-26(42)16-22)17-28(48)18-24-20-43-32-10-11-34(52-4)45-37(24)32/h6-11,15-16,19-20,23,43,49H,14,17-18,21H2,1-5H3/t23-/m1/s1. The van der Waals surface area contributed by atoms with E-state index in [1.165, 1.54) is 33.1 Å². The van der Waals surface area contributed by atoms with Gasteiger partial charge in [0.2, 0.25) is 5.88 Å². The number of methoxy groups -OCH3 is 1. The van der Waals surface area contributed by atoms with Crippen molar-refractivity contribution < 1.29 is 31.8 Å². The zero-order chi connectivity index (χ0) is 38.2. The number of carbonyl (C=O) groups excluding carboxylic acids is 1. The number of aliphatic hydroxyl groups is 1. The summed E-state index contributed by atoms with van der Waals surface area (Å²) in [6.45, 7) is 3.07. The van der Waals surface area contributed by atoms with Gasteiger partial charge in [0.05, 0.1) is 45.8 Å². The number of fused-ring (bicyclic) bond motifs is 2. The minimum atomic E-state index is -3.48. The van der Waals surface area contributed by atoms with Crippen LogP contribution in [0.15, 0.2) is 60.8 Å². The number of hydrogen-bond acceptors (Lipinski definition) is 8. The first-order valence-corrected chi connectivity index (χ1v) is 19.0.